The van der Waals surface area contributed by atoms with E-state index in [1.54, 1.807) is 4.90 Å². The zero-order chi connectivity index (χ0) is 11.4. The van der Waals surface area contributed by atoms with Gasteiger partial charge >= 0.3 is 0 Å². The van der Waals surface area contributed by atoms with Crippen LogP contribution >= 0.6 is 0 Å². The van der Waals surface area contributed by atoms with E-state index >= 15 is 0 Å². The molecule has 90 valence electrons. The van der Waals surface area contributed by atoms with E-state index in [9.17, 15) is 20.4 Å². The Hall–Kier alpha value is -0.240. The topological polar surface area (TPSA) is 104 Å². The van der Waals surface area contributed by atoms with Crippen molar-refractivity contribution in [3.05, 3.63) is 0 Å². The van der Waals surface area contributed by atoms with Crippen molar-refractivity contribution in [2.75, 3.05) is 26.2 Å². The monoisotopic (exact) mass is 221 g/mol. The van der Waals surface area contributed by atoms with Crippen LogP contribution in [0.25, 0.3) is 0 Å². The Kier molecular flexibility index (Phi) is 4.91. The van der Waals surface area contributed by atoms with Crippen molar-refractivity contribution in [1.29, 1.82) is 0 Å². The van der Waals surface area contributed by atoms with Crippen molar-refractivity contribution >= 4 is 0 Å². The highest BCUT2D eigenvalue weighted by molar-refractivity contribution is 4.88. The molecule has 0 spiro atoms. The summed E-state index contributed by atoms with van der Waals surface area (Å²) in [6.07, 6.45) is -4.25. The van der Waals surface area contributed by atoms with E-state index in [1.807, 2.05) is 0 Å². The second-order valence-electron chi connectivity index (χ2n) is 3.95. The van der Waals surface area contributed by atoms with Gasteiger partial charge in [0.2, 0.25) is 0 Å². The molecule has 1 rings (SSSR count). The van der Waals surface area contributed by atoms with Crippen molar-refractivity contribution in [3.63, 3.8) is 0 Å². The molecule has 1 heterocycles. The van der Waals surface area contributed by atoms with Gasteiger partial charge in [-0.25, -0.2) is 0 Å². The average Bonchev–Trinajstić information content (AvgIpc) is 2.30. The Morgan fingerprint density at radius 2 is 1.40 bits per heavy atom. The summed E-state index contributed by atoms with van der Waals surface area (Å²) in [5, 5.41) is 46.4. The van der Waals surface area contributed by atoms with Gasteiger partial charge in [-0.15, -0.1) is 0 Å². The number of hydrogen-bond donors (Lipinski definition) is 5. The molecule has 0 amide bonds. The molecule has 6 nitrogen and oxygen atoms in total. The van der Waals surface area contributed by atoms with Gasteiger partial charge in [0.15, 0.2) is 0 Å². The minimum absolute atomic E-state index is 0.0355. The molecule has 0 bridgehead atoms. The molecule has 0 aromatic rings. The Morgan fingerprint density at radius 3 is 1.80 bits per heavy atom. The minimum atomic E-state index is -1.32. The highest BCUT2D eigenvalue weighted by atomic mass is 16.4. The van der Waals surface area contributed by atoms with E-state index in [1.165, 1.54) is 0 Å². The molecule has 0 aromatic carbocycles. The van der Waals surface area contributed by atoms with Crippen LogP contribution < -0.4 is 0 Å². The highest BCUT2D eigenvalue weighted by Gasteiger charge is 2.35. The molecule has 6 heteroatoms. The average molecular weight is 221 g/mol. The maximum atomic E-state index is 9.49. The summed E-state index contributed by atoms with van der Waals surface area (Å²) in [5.41, 5.74) is 0. The van der Waals surface area contributed by atoms with Crippen LogP contribution in [0.4, 0.5) is 0 Å². The van der Waals surface area contributed by atoms with Gasteiger partial charge in [-0.1, -0.05) is 0 Å². The lowest BCUT2D eigenvalue weighted by Crippen LogP contribution is -2.43. The van der Waals surface area contributed by atoms with Crippen LogP contribution in [0.5, 0.6) is 0 Å². The van der Waals surface area contributed by atoms with Crippen molar-refractivity contribution in [3.8, 4) is 0 Å². The molecular formula is C9H19NO5. The lowest BCUT2D eigenvalue weighted by Gasteiger charge is -2.22. The molecule has 1 fully saturated rings. The normalized spacial score (nSPS) is 39.0. The second-order valence-corrected chi connectivity index (χ2v) is 3.95. The number of aliphatic hydroxyl groups excluding tert-OH is 5. The predicted molar refractivity (Wildman–Crippen MR) is 52.2 cm³/mol. The number of β-amino-alcohol motifs (C(OH)–C–C–N with tert-alkyl or cyclic N) is 2. The smallest absolute Gasteiger partial charge is 0.110 e. The predicted octanol–water partition coefficient (Wildman–Crippen LogP) is -2.87. The maximum absolute atomic E-state index is 9.49. The summed E-state index contributed by atoms with van der Waals surface area (Å²) < 4.78 is 0. The molecule has 5 N–H and O–H groups in total. The summed E-state index contributed by atoms with van der Waals surface area (Å²) in [6, 6.07) is 0. The van der Waals surface area contributed by atoms with Crippen LogP contribution in [0.1, 0.15) is 6.42 Å². The number of nitrogens with zero attached hydrogens (tertiary/aromatic N) is 1. The fraction of sp³-hybridized carbons (Fsp3) is 1.00. The first-order valence-corrected chi connectivity index (χ1v) is 5.11. The third-order valence-electron chi connectivity index (χ3n) is 2.66. The first kappa shape index (κ1) is 12.8. The Morgan fingerprint density at radius 1 is 0.933 bits per heavy atom. The van der Waals surface area contributed by atoms with E-state index in [-0.39, 0.29) is 19.7 Å². The van der Waals surface area contributed by atoms with Crippen LogP contribution in [-0.4, -0.2) is 81.1 Å². The minimum Gasteiger partial charge on any atom is -0.396 e. The largest absolute Gasteiger partial charge is 0.396 e. The molecule has 1 aliphatic rings. The lowest BCUT2D eigenvalue weighted by molar-refractivity contribution is -0.0894. The van der Waals surface area contributed by atoms with Crippen LogP contribution in [0.3, 0.4) is 0 Å². The molecule has 1 aliphatic heterocycles. The fourth-order valence-electron chi connectivity index (χ4n) is 1.75. The van der Waals surface area contributed by atoms with Gasteiger partial charge in [-0.05, 0) is 6.42 Å². The van der Waals surface area contributed by atoms with E-state index in [2.05, 4.69) is 0 Å². The van der Waals surface area contributed by atoms with E-state index in [0.717, 1.165) is 0 Å². The van der Waals surface area contributed by atoms with Gasteiger partial charge in [0.1, 0.15) is 12.2 Å². The van der Waals surface area contributed by atoms with Gasteiger partial charge < -0.3 is 25.5 Å². The lowest BCUT2D eigenvalue weighted by atomic mass is 10.1. The number of hydrogen-bond acceptors (Lipinski definition) is 6. The van der Waals surface area contributed by atoms with Crippen molar-refractivity contribution in [2.45, 2.75) is 30.8 Å². The van der Waals surface area contributed by atoms with Gasteiger partial charge in [0.05, 0.1) is 12.2 Å². The van der Waals surface area contributed by atoms with Gasteiger partial charge in [0, 0.05) is 26.2 Å². The molecule has 0 saturated carbocycles. The van der Waals surface area contributed by atoms with E-state index < -0.39 is 24.4 Å². The summed E-state index contributed by atoms with van der Waals surface area (Å²) in [6.45, 7) is 0.933. The zero-order valence-electron chi connectivity index (χ0n) is 8.53. The first-order valence-electron chi connectivity index (χ1n) is 5.11. The van der Waals surface area contributed by atoms with Crippen LogP contribution in [0, 0.1) is 0 Å². The number of likely N-dealkylation sites (tertiary alicyclic amines) is 1. The standard InChI is InChI=1S/C9H19NO5/c11-3-1-2-10-4-6(12)8(14)9(15)7(13)5-10/h6-9,11-15H,1-5H2/t6-,7+,8+,9-. The van der Waals surface area contributed by atoms with Crippen molar-refractivity contribution in [1.82, 2.24) is 4.90 Å². The zero-order valence-corrected chi connectivity index (χ0v) is 8.53. The van der Waals surface area contributed by atoms with Gasteiger partial charge in [0.25, 0.3) is 0 Å². The van der Waals surface area contributed by atoms with Gasteiger partial charge in [-0.3, -0.25) is 4.90 Å². The molecule has 4 atom stereocenters. The molecule has 0 unspecified atom stereocenters. The summed E-state index contributed by atoms with van der Waals surface area (Å²) in [5.74, 6) is 0. The second kappa shape index (κ2) is 5.74. The Bertz CT molecular complexity index is 175. The first-order chi connectivity index (χ1) is 7.06. The molecule has 0 radical (unpaired) electrons. The van der Waals surface area contributed by atoms with Crippen molar-refractivity contribution in [2.24, 2.45) is 0 Å². The summed E-state index contributed by atoms with van der Waals surface area (Å²) in [4.78, 5) is 1.71. The fourth-order valence-corrected chi connectivity index (χ4v) is 1.75. The van der Waals surface area contributed by atoms with E-state index in [4.69, 9.17) is 5.11 Å². The third-order valence-corrected chi connectivity index (χ3v) is 2.66. The molecule has 0 aromatic heterocycles. The number of aliphatic hydroxyl groups is 5. The number of rotatable bonds is 3. The van der Waals surface area contributed by atoms with Crippen LogP contribution in [0.15, 0.2) is 0 Å². The maximum Gasteiger partial charge on any atom is 0.110 e. The van der Waals surface area contributed by atoms with E-state index in [0.29, 0.717) is 13.0 Å². The summed E-state index contributed by atoms with van der Waals surface area (Å²) >= 11 is 0. The highest BCUT2D eigenvalue weighted by Crippen LogP contribution is 2.13. The summed E-state index contributed by atoms with van der Waals surface area (Å²) in [7, 11) is 0. The van der Waals surface area contributed by atoms with Gasteiger partial charge in [-0.2, -0.15) is 0 Å². The quantitative estimate of drug-likeness (QED) is 0.351. The SMILES string of the molecule is OCCCN1C[C@@H](O)[C@H](O)[C@H](O)[C@@H](O)C1. The van der Waals surface area contributed by atoms with Crippen LogP contribution in [0.2, 0.25) is 0 Å². The third kappa shape index (κ3) is 3.37. The Labute approximate surface area is 88.4 Å². The van der Waals surface area contributed by atoms with Crippen molar-refractivity contribution < 1.29 is 25.5 Å². The molecule has 15 heavy (non-hydrogen) atoms. The Balaban J connectivity index is 2.55. The molecular weight excluding hydrogens is 202 g/mol. The molecule has 0 aliphatic carbocycles. The van der Waals surface area contributed by atoms with Crippen LogP contribution in [-0.2, 0) is 0 Å². The molecule has 1 saturated heterocycles.